The summed E-state index contributed by atoms with van der Waals surface area (Å²) >= 11 is 10.8. The van der Waals surface area contributed by atoms with Gasteiger partial charge in [-0.2, -0.15) is 13.2 Å². The molecule has 2 aromatic rings. The molecule has 142 valence electrons. The summed E-state index contributed by atoms with van der Waals surface area (Å²) in [5.41, 5.74) is -0.767. The predicted molar refractivity (Wildman–Crippen MR) is 97.9 cm³/mol. The van der Waals surface area contributed by atoms with Crippen LogP contribution in [0.3, 0.4) is 0 Å². The van der Waals surface area contributed by atoms with E-state index in [0.717, 1.165) is 18.2 Å². The molecule has 0 aliphatic carbocycles. The van der Waals surface area contributed by atoms with E-state index in [2.05, 4.69) is 15.4 Å². The zero-order valence-electron chi connectivity index (χ0n) is 13.7. The van der Waals surface area contributed by atoms with Gasteiger partial charge in [0.1, 0.15) is 0 Å². The second kappa shape index (κ2) is 8.36. The maximum Gasteiger partial charge on any atom is 0.416 e. The van der Waals surface area contributed by atoms with E-state index in [-0.39, 0.29) is 26.9 Å². The average molecular weight is 417 g/mol. The second-order valence-electron chi connectivity index (χ2n) is 5.17. The minimum atomic E-state index is -4.56. The Labute approximate surface area is 162 Å². The molecular formula is C17H12ClF3N2O3S. The summed E-state index contributed by atoms with van der Waals surface area (Å²) in [5, 5.41) is 4.48. The summed E-state index contributed by atoms with van der Waals surface area (Å²) in [4.78, 5) is 23.7. The molecule has 27 heavy (non-hydrogen) atoms. The lowest BCUT2D eigenvalue weighted by Crippen LogP contribution is -2.34. The molecule has 0 aliphatic heterocycles. The van der Waals surface area contributed by atoms with Crippen molar-refractivity contribution in [3.63, 3.8) is 0 Å². The Balaban J connectivity index is 2.12. The van der Waals surface area contributed by atoms with Crippen LogP contribution in [0.5, 0.6) is 0 Å². The number of benzene rings is 2. The van der Waals surface area contributed by atoms with Gasteiger partial charge in [0.15, 0.2) is 5.11 Å². The molecule has 0 unspecified atom stereocenters. The van der Waals surface area contributed by atoms with Crippen LogP contribution in [0.15, 0.2) is 42.5 Å². The van der Waals surface area contributed by atoms with Crippen molar-refractivity contribution >= 4 is 46.5 Å². The fraction of sp³-hybridized carbons (Fsp3) is 0.118. The highest BCUT2D eigenvalue weighted by molar-refractivity contribution is 7.80. The minimum Gasteiger partial charge on any atom is -0.465 e. The average Bonchev–Trinajstić information content (AvgIpc) is 2.61. The second-order valence-corrected chi connectivity index (χ2v) is 5.99. The zero-order valence-corrected chi connectivity index (χ0v) is 15.3. The topological polar surface area (TPSA) is 67.4 Å². The fourth-order valence-corrected chi connectivity index (χ4v) is 2.40. The SMILES string of the molecule is COC(=O)c1cccc(C(=O)NC(=S)Nc2cc(C(F)(F)F)ccc2Cl)c1. The minimum absolute atomic E-state index is 0.00714. The van der Waals surface area contributed by atoms with E-state index in [4.69, 9.17) is 23.8 Å². The largest absolute Gasteiger partial charge is 0.465 e. The fourth-order valence-electron chi connectivity index (χ4n) is 2.03. The van der Waals surface area contributed by atoms with Gasteiger partial charge in [0.05, 0.1) is 28.9 Å². The van der Waals surface area contributed by atoms with Crippen molar-refractivity contribution in [2.45, 2.75) is 6.18 Å². The van der Waals surface area contributed by atoms with E-state index in [1.807, 2.05) is 0 Å². The van der Waals surface area contributed by atoms with Crippen LogP contribution in [-0.2, 0) is 10.9 Å². The Bertz CT molecular complexity index is 903. The van der Waals surface area contributed by atoms with Crippen LogP contribution in [0.25, 0.3) is 0 Å². The lowest BCUT2D eigenvalue weighted by atomic mass is 10.1. The molecule has 2 aromatic carbocycles. The number of esters is 1. The number of nitrogens with one attached hydrogen (secondary N) is 2. The summed E-state index contributed by atoms with van der Waals surface area (Å²) in [5.74, 6) is -1.29. The number of halogens is 4. The lowest BCUT2D eigenvalue weighted by molar-refractivity contribution is -0.137. The third-order valence-electron chi connectivity index (χ3n) is 3.31. The number of ether oxygens (including phenoxy) is 1. The molecule has 0 spiro atoms. The highest BCUT2D eigenvalue weighted by Crippen LogP contribution is 2.33. The molecule has 0 saturated carbocycles. The normalized spacial score (nSPS) is 10.9. The van der Waals surface area contributed by atoms with Crippen LogP contribution >= 0.6 is 23.8 Å². The van der Waals surface area contributed by atoms with Crippen LogP contribution < -0.4 is 10.6 Å². The van der Waals surface area contributed by atoms with Gasteiger partial charge in [-0.25, -0.2) is 4.79 Å². The highest BCUT2D eigenvalue weighted by Gasteiger charge is 2.31. The van der Waals surface area contributed by atoms with Crippen LogP contribution in [0.1, 0.15) is 26.3 Å². The van der Waals surface area contributed by atoms with E-state index in [9.17, 15) is 22.8 Å². The van der Waals surface area contributed by atoms with Gasteiger partial charge in [0.2, 0.25) is 0 Å². The zero-order chi connectivity index (χ0) is 20.2. The monoisotopic (exact) mass is 416 g/mol. The molecule has 2 rings (SSSR count). The molecular weight excluding hydrogens is 405 g/mol. The van der Waals surface area contributed by atoms with Crippen molar-refractivity contribution in [3.8, 4) is 0 Å². The first-order valence-electron chi connectivity index (χ1n) is 7.29. The molecule has 0 heterocycles. The van der Waals surface area contributed by atoms with Gasteiger partial charge in [0.25, 0.3) is 5.91 Å². The van der Waals surface area contributed by atoms with E-state index >= 15 is 0 Å². The molecule has 0 saturated heterocycles. The first kappa shape index (κ1) is 20.7. The van der Waals surface area contributed by atoms with E-state index in [1.165, 1.54) is 31.4 Å². The summed E-state index contributed by atoms with van der Waals surface area (Å²) in [7, 11) is 1.20. The van der Waals surface area contributed by atoms with Gasteiger partial charge >= 0.3 is 12.1 Å². The highest BCUT2D eigenvalue weighted by atomic mass is 35.5. The van der Waals surface area contributed by atoms with Gasteiger partial charge < -0.3 is 10.1 Å². The van der Waals surface area contributed by atoms with Crippen LogP contribution in [0, 0.1) is 0 Å². The van der Waals surface area contributed by atoms with Crippen molar-refractivity contribution < 1.29 is 27.5 Å². The number of alkyl halides is 3. The maximum absolute atomic E-state index is 12.8. The van der Waals surface area contributed by atoms with Crippen LogP contribution in [-0.4, -0.2) is 24.1 Å². The summed E-state index contributed by atoms with van der Waals surface area (Å²) in [6.45, 7) is 0. The molecule has 10 heteroatoms. The summed E-state index contributed by atoms with van der Waals surface area (Å²) < 4.78 is 42.9. The Kier molecular flexibility index (Phi) is 6.40. The Morgan fingerprint density at radius 3 is 2.41 bits per heavy atom. The Morgan fingerprint density at radius 1 is 1.11 bits per heavy atom. The van der Waals surface area contributed by atoms with Crippen LogP contribution in [0.4, 0.5) is 18.9 Å². The predicted octanol–water partition coefficient (Wildman–Crippen LogP) is 4.27. The molecule has 0 radical (unpaired) electrons. The van der Waals surface area contributed by atoms with Gasteiger partial charge in [-0.3, -0.25) is 10.1 Å². The van der Waals surface area contributed by atoms with Crippen LogP contribution in [0.2, 0.25) is 5.02 Å². The number of anilines is 1. The number of amides is 1. The van der Waals surface area contributed by atoms with Gasteiger partial charge in [0, 0.05) is 5.56 Å². The quantitative estimate of drug-likeness (QED) is 0.577. The molecule has 2 N–H and O–H groups in total. The summed E-state index contributed by atoms with van der Waals surface area (Å²) in [6.07, 6.45) is -4.56. The number of methoxy groups -OCH3 is 1. The smallest absolute Gasteiger partial charge is 0.416 e. The third-order valence-corrected chi connectivity index (χ3v) is 3.85. The van der Waals surface area contributed by atoms with Crippen molar-refractivity contribution in [3.05, 3.63) is 64.2 Å². The molecule has 0 aliphatic rings. The van der Waals surface area contributed by atoms with Gasteiger partial charge in [-0.15, -0.1) is 0 Å². The van der Waals surface area contributed by atoms with Crippen molar-refractivity contribution in [2.24, 2.45) is 0 Å². The van der Waals surface area contributed by atoms with Gasteiger partial charge in [-0.1, -0.05) is 17.7 Å². The first-order chi connectivity index (χ1) is 12.6. The first-order valence-corrected chi connectivity index (χ1v) is 8.08. The van der Waals surface area contributed by atoms with Crippen molar-refractivity contribution in [2.75, 3.05) is 12.4 Å². The van der Waals surface area contributed by atoms with Gasteiger partial charge in [-0.05, 0) is 48.6 Å². The molecule has 1 amide bonds. The molecule has 0 bridgehead atoms. The lowest BCUT2D eigenvalue weighted by Gasteiger charge is -2.13. The summed E-state index contributed by atoms with van der Waals surface area (Å²) in [6, 6.07) is 8.33. The number of hydrogen-bond acceptors (Lipinski definition) is 4. The van der Waals surface area contributed by atoms with E-state index in [1.54, 1.807) is 0 Å². The van der Waals surface area contributed by atoms with Crippen molar-refractivity contribution in [1.82, 2.24) is 5.32 Å². The number of rotatable bonds is 3. The van der Waals surface area contributed by atoms with E-state index < -0.39 is 23.6 Å². The number of thiocarbonyl (C=S) groups is 1. The molecule has 0 atom stereocenters. The number of carbonyl (C=O) groups excluding carboxylic acids is 2. The maximum atomic E-state index is 12.8. The number of carbonyl (C=O) groups is 2. The van der Waals surface area contributed by atoms with E-state index in [0.29, 0.717) is 0 Å². The molecule has 5 nitrogen and oxygen atoms in total. The Morgan fingerprint density at radius 2 is 1.78 bits per heavy atom. The Hall–Kier alpha value is -2.65. The van der Waals surface area contributed by atoms with Crippen molar-refractivity contribution in [1.29, 1.82) is 0 Å². The molecule has 0 aromatic heterocycles. The standard InChI is InChI=1S/C17H12ClF3N2O3S/c1-26-15(25)10-4-2-3-9(7-10)14(24)23-16(27)22-13-8-11(17(19,20)21)5-6-12(13)18/h2-8H,1H3,(H2,22,23,24,27). The third kappa shape index (κ3) is 5.41. The molecule has 0 fully saturated rings. The number of hydrogen-bond donors (Lipinski definition) is 2.